The Morgan fingerprint density at radius 1 is 0.793 bits per heavy atom. The van der Waals surface area contributed by atoms with Crippen molar-refractivity contribution in [3.8, 4) is 0 Å². The molecule has 0 radical (unpaired) electrons. The number of carbonyl (C=O) groups excluding carboxylic acids is 1. The minimum atomic E-state index is -1.95. The van der Waals surface area contributed by atoms with Gasteiger partial charge < -0.3 is 17.1 Å². The highest BCUT2D eigenvalue weighted by Crippen LogP contribution is 2.55. The number of allylic oxidation sites excluding steroid dienone is 1. The molecule has 0 heterocycles. The molecule has 0 aliphatic heterocycles. The first-order valence-electron chi connectivity index (χ1n) is 9.57. The van der Waals surface area contributed by atoms with Crippen molar-refractivity contribution in [2.45, 2.75) is 13.8 Å². The predicted octanol–water partition coefficient (Wildman–Crippen LogP) is 1.49. The molecule has 0 N–H and O–H groups in total. The summed E-state index contributed by atoms with van der Waals surface area (Å²) in [5.41, 5.74) is 0.661. The third kappa shape index (κ3) is 5.15. The summed E-state index contributed by atoms with van der Waals surface area (Å²) in [5.74, 6) is -0.241. The van der Waals surface area contributed by atoms with Crippen molar-refractivity contribution in [2.75, 3.05) is 12.8 Å². The lowest BCUT2D eigenvalue weighted by molar-refractivity contribution is -0.138. The van der Waals surface area contributed by atoms with Crippen molar-refractivity contribution in [2.24, 2.45) is 0 Å². The molecule has 0 saturated carbocycles. The standard InChI is InChI=1S/C25H26O2P.ClH/c1-3-27-25(26)21(2)19-20-28(22-13-7-4-8-14-22,23-15-9-5-10-16-23)24-17-11-6-12-18-24;/h4-19H,3,20H2,1-2H3;1H/q+1;/p-1/b21-19+;. The van der Waals surface area contributed by atoms with Crippen molar-refractivity contribution in [3.63, 3.8) is 0 Å². The molecule has 0 atom stereocenters. The number of hydrogen-bond donors (Lipinski definition) is 0. The molecule has 3 rings (SSSR count). The van der Waals surface area contributed by atoms with Gasteiger partial charge in [-0.2, -0.15) is 0 Å². The normalized spacial score (nSPS) is 11.4. The maximum atomic E-state index is 12.2. The molecular weight excluding hydrogens is 399 g/mol. The molecule has 3 aromatic carbocycles. The Morgan fingerprint density at radius 3 is 1.52 bits per heavy atom. The molecule has 0 aliphatic rings. The minimum Gasteiger partial charge on any atom is -1.00 e. The highest BCUT2D eigenvalue weighted by Gasteiger charge is 2.44. The molecule has 0 fully saturated rings. The van der Waals surface area contributed by atoms with Crippen LogP contribution in [0.5, 0.6) is 0 Å². The van der Waals surface area contributed by atoms with E-state index in [4.69, 9.17) is 4.74 Å². The van der Waals surface area contributed by atoms with Gasteiger partial charge in [0.15, 0.2) is 0 Å². The number of esters is 1. The topological polar surface area (TPSA) is 26.3 Å². The smallest absolute Gasteiger partial charge is 0.333 e. The van der Waals surface area contributed by atoms with Gasteiger partial charge in [-0.05, 0) is 56.3 Å². The fourth-order valence-corrected chi connectivity index (χ4v) is 7.53. The monoisotopic (exact) mass is 424 g/mol. The summed E-state index contributed by atoms with van der Waals surface area (Å²) in [6.07, 6.45) is 2.83. The molecule has 0 spiro atoms. The zero-order valence-corrected chi connectivity index (χ0v) is 18.4. The van der Waals surface area contributed by atoms with Crippen molar-refractivity contribution in [1.82, 2.24) is 0 Å². The first-order valence-corrected chi connectivity index (χ1v) is 11.5. The number of ether oxygens (including phenoxy) is 1. The Labute approximate surface area is 180 Å². The number of rotatable bonds is 7. The fraction of sp³-hybridized carbons (Fsp3) is 0.160. The van der Waals surface area contributed by atoms with Gasteiger partial charge >= 0.3 is 5.97 Å². The van der Waals surface area contributed by atoms with E-state index >= 15 is 0 Å². The van der Waals surface area contributed by atoms with Crippen LogP contribution in [0.1, 0.15) is 13.8 Å². The van der Waals surface area contributed by atoms with Gasteiger partial charge in [-0.25, -0.2) is 4.79 Å². The second kappa shape index (κ2) is 11.0. The lowest BCUT2D eigenvalue weighted by Gasteiger charge is -2.26. The van der Waals surface area contributed by atoms with Crippen LogP contribution in [0, 0.1) is 0 Å². The van der Waals surface area contributed by atoms with Crippen molar-refractivity contribution in [3.05, 3.63) is 103 Å². The molecule has 150 valence electrons. The van der Waals surface area contributed by atoms with Gasteiger partial charge in [0.05, 0.1) is 12.8 Å². The molecular formula is C25H26ClO2P. The van der Waals surface area contributed by atoms with E-state index in [0.717, 1.165) is 6.16 Å². The van der Waals surface area contributed by atoms with Crippen LogP contribution in [0.2, 0.25) is 0 Å². The maximum absolute atomic E-state index is 12.2. The molecule has 0 unspecified atom stereocenters. The minimum absolute atomic E-state index is 0. The van der Waals surface area contributed by atoms with Crippen LogP contribution >= 0.6 is 7.26 Å². The molecule has 0 aromatic heterocycles. The SMILES string of the molecule is CCOC(=O)/C(C)=C/C[P+](c1ccccc1)(c1ccccc1)c1ccccc1.[Cl-]. The molecule has 0 amide bonds. The zero-order chi connectivity index (χ0) is 19.8. The van der Waals surface area contributed by atoms with Gasteiger partial charge in [-0.3, -0.25) is 0 Å². The van der Waals surface area contributed by atoms with Gasteiger partial charge in [-0.1, -0.05) is 54.6 Å². The van der Waals surface area contributed by atoms with Gasteiger partial charge in [0.1, 0.15) is 23.2 Å². The Morgan fingerprint density at radius 2 is 1.17 bits per heavy atom. The summed E-state index contributed by atoms with van der Waals surface area (Å²) in [6, 6.07) is 32.0. The Hall–Kier alpha value is -2.41. The molecule has 2 nitrogen and oxygen atoms in total. The van der Waals surface area contributed by atoms with Crippen molar-refractivity contribution in [1.29, 1.82) is 0 Å². The van der Waals surface area contributed by atoms with E-state index in [2.05, 4.69) is 78.9 Å². The predicted molar refractivity (Wildman–Crippen MR) is 120 cm³/mol. The van der Waals surface area contributed by atoms with E-state index in [0.29, 0.717) is 12.2 Å². The summed E-state index contributed by atoms with van der Waals surface area (Å²) >= 11 is 0. The van der Waals surface area contributed by atoms with Crippen molar-refractivity contribution < 1.29 is 21.9 Å². The second-order valence-corrected chi connectivity index (χ2v) is 10.1. The molecule has 29 heavy (non-hydrogen) atoms. The second-order valence-electron chi connectivity index (χ2n) is 6.61. The molecule has 4 heteroatoms. The highest BCUT2D eigenvalue weighted by molar-refractivity contribution is 7.95. The fourth-order valence-electron chi connectivity index (χ4n) is 3.41. The van der Waals surface area contributed by atoms with Crippen LogP contribution in [-0.2, 0) is 9.53 Å². The Kier molecular flexibility index (Phi) is 8.64. The van der Waals surface area contributed by atoms with Gasteiger partial charge in [-0.15, -0.1) is 0 Å². The van der Waals surface area contributed by atoms with Crippen LogP contribution < -0.4 is 28.3 Å². The van der Waals surface area contributed by atoms with E-state index in [1.165, 1.54) is 15.9 Å². The molecule has 0 bridgehead atoms. The van der Waals surface area contributed by atoms with E-state index in [1.54, 1.807) is 0 Å². The number of halogens is 1. The molecule has 0 saturated heterocycles. The molecule has 0 aliphatic carbocycles. The summed E-state index contributed by atoms with van der Waals surface area (Å²) in [5, 5.41) is 3.92. The van der Waals surface area contributed by atoms with Crippen LogP contribution in [-0.4, -0.2) is 18.7 Å². The summed E-state index contributed by atoms with van der Waals surface area (Å²) < 4.78 is 5.19. The zero-order valence-electron chi connectivity index (χ0n) is 16.8. The average molecular weight is 425 g/mol. The van der Waals surface area contributed by atoms with Crippen LogP contribution in [0.25, 0.3) is 0 Å². The van der Waals surface area contributed by atoms with E-state index in [1.807, 2.05) is 32.0 Å². The lowest BCUT2D eigenvalue weighted by Crippen LogP contribution is -3.00. The van der Waals surface area contributed by atoms with E-state index in [-0.39, 0.29) is 18.4 Å². The van der Waals surface area contributed by atoms with E-state index < -0.39 is 7.26 Å². The van der Waals surface area contributed by atoms with Crippen LogP contribution in [0.15, 0.2) is 103 Å². The first kappa shape index (κ1) is 22.9. The maximum Gasteiger partial charge on any atom is 0.333 e. The highest BCUT2D eigenvalue weighted by atomic mass is 35.5. The summed E-state index contributed by atoms with van der Waals surface area (Å²) in [4.78, 5) is 12.2. The van der Waals surface area contributed by atoms with Gasteiger partial charge in [0.2, 0.25) is 0 Å². The summed E-state index contributed by atoms with van der Waals surface area (Å²) in [7, 11) is -1.95. The van der Waals surface area contributed by atoms with Crippen molar-refractivity contribution >= 4 is 29.1 Å². The third-order valence-electron chi connectivity index (χ3n) is 4.86. The van der Waals surface area contributed by atoms with Crippen LogP contribution in [0.3, 0.4) is 0 Å². The Balaban J connectivity index is 0.00000300. The average Bonchev–Trinajstić information content (AvgIpc) is 2.76. The number of hydrogen-bond acceptors (Lipinski definition) is 2. The first-order chi connectivity index (χ1) is 13.7. The van der Waals surface area contributed by atoms with E-state index in [9.17, 15) is 4.79 Å². The quantitative estimate of drug-likeness (QED) is 0.326. The summed E-state index contributed by atoms with van der Waals surface area (Å²) in [6.45, 7) is 4.06. The molecule has 3 aromatic rings. The Bertz CT molecular complexity index is 828. The largest absolute Gasteiger partial charge is 1.00 e. The number of benzene rings is 3. The van der Waals surface area contributed by atoms with Crippen LogP contribution in [0.4, 0.5) is 0 Å². The third-order valence-corrected chi connectivity index (χ3v) is 9.13. The van der Waals surface area contributed by atoms with Gasteiger partial charge in [0.25, 0.3) is 0 Å². The number of carbonyl (C=O) groups is 1. The van der Waals surface area contributed by atoms with Gasteiger partial charge in [0, 0.05) is 5.57 Å². The lowest BCUT2D eigenvalue weighted by atomic mass is 10.3.